The van der Waals surface area contributed by atoms with E-state index < -0.39 is 5.54 Å². The monoisotopic (exact) mass is 210 g/mol. The van der Waals surface area contributed by atoms with Crippen LogP contribution in [-0.2, 0) is 18.4 Å². The Bertz CT molecular complexity index is 343. The summed E-state index contributed by atoms with van der Waals surface area (Å²) in [7, 11) is 3.61. The van der Waals surface area contributed by atoms with Crippen LogP contribution in [-0.4, -0.2) is 28.3 Å². The van der Waals surface area contributed by atoms with Crippen molar-refractivity contribution < 1.29 is 4.79 Å². The Labute approximate surface area is 89.9 Å². The van der Waals surface area contributed by atoms with E-state index in [1.165, 1.54) is 0 Å². The quantitative estimate of drug-likeness (QED) is 0.737. The van der Waals surface area contributed by atoms with Gasteiger partial charge >= 0.3 is 0 Å². The average molecular weight is 210 g/mol. The van der Waals surface area contributed by atoms with Gasteiger partial charge in [0.1, 0.15) is 0 Å². The summed E-state index contributed by atoms with van der Waals surface area (Å²) in [6.07, 6.45) is 1.85. The van der Waals surface area contributed by atoms with Crippen molar-refractivity contribution in [3.05, 3.63) is 18.0 Å². The van der Waals surface area contributed by atoms with Gasteiger partial charge in [-0.15, -0.1) is 0 Å². The van der Waals surface area contributed by atoms with Crippen LogP contribution in [0.3, 0.4) is 0 Å². The third-order valence-corrected chi connectivity index (χ3v) is 2.39. The fourth-order valence-electron chi connectivity index (χ4n) is 1.06. The van der Waals surface area contributed by atoms with Crippen LogP contribution >= 0.6 is 0 Å². The van der Waals surface area contributed by atoms with E-state index in [0.29, 0.717) is 6.54 Å². The summed E-state index contributed by atoms with van der Waals surface area (Å²) >= 11 is 0. The number of aromatic nitrogens is 2. The molecule has 84 valence electrons. The summed E-state index contributed by atoms with van der Waals surface area (Å²) in [5.74, 6) is -0.0318. The first-order valence-electron chi connectivity index (χ1n) is 4.91. The first-order valence-corrected chi connectivity index (χ1v) is 4.91. The molecule has 1 amide bonds. The van der Waals surface area contributed by atoms with Gasteiger partial charge in [0, 0.05) is 13.2 Å². The molecule has 0 saturated heterocycles. The normalized spacial score (nSPS) is 11.5. The summed E-state index contributed by atoms with van der Waals surface area (Å²) in [4.78, 5) is 11.7. The molecule has 0 saturated carbocycles. The Morgan fingerprint density at radius 1 is 1.60 bits per heavy atom. The van der Waals surface area contributed by atoms with Gasteiger partial charge in [-0.3, -0.25) is 9.48 Å². The molecule has 5 nitrogen and oxygen atoms in total. The van der Waals surface area contributed by atoms with E-state index in [1.807, 2.05) is 33.2 Å². The fraction of sp³-hybridized carbons (Fsp3) is 0.600. The van der Waals surface area contributed by atoms with E-state index in [4.69, 9.17) is 0 Å². The molecule has 1 aromatic heterocycles. The van der Waals surface area contributed by atoms with Gasteiger partial charge in [0.25, 0.3) is 0 Å². The number of hydrogen-bond acceptors (Lipinski definition) is 3. The van der Waals surface area contributed by atoms with E-state index in [0.717, 1.165) is 5.69 Å². The maximum absolute atomic E-state index is 11.7. The van der Waals surface area contributed by atoms with Crippen LogP contribution in [0.5, 0.6) is 0 Å². The van der Waals surface area contributed by atoms with E-state index >= 15 is 0 Å². The van der Waals surface area contributed by atoms with Crippen LogP contribution in [0.25, 0.3) is 0 Å². The minimum absolute atomic E-state index is 0.0318. The van der Waals surface area contributed by atoms with Gasteiger partial charge in [-0.05, 0) is 27.0 Å². The molecule has 0 aliphatic rings. The molecule has 0 atom stereocenters. The predicted octanol–water partition coefficient (Wildman–Crippen LogP) is 0.0343. The molecule has 0 aromatic carbocycles. The minimum Gasteiger partial charge on any atom is -0.349 e. The molecule has 1 rings (SSSR count). The van der Waals surface area contributed by atoms with Crippen LogP contribution in [0.2, 0.25) is 0 Å². The Kier molecular flexibility index (Phi) is 3.47. The number of aryl methyl sites for hydroxylation is 1. The molecule has 0 aliphatic carbocycles. The molecule has 1 heterocycles. The van der Waals surface area contributed by atoms with Gasteiger partial charge in [0.2, 0.25) is 5.91 Å². The molecule has 5 heteroatoms. The molecule has 0 fully saturated rings. The molecular formula is C10H18N4O. The highest BCUT2D eigenvalue weighted by atomic mass is 16.2. The lowest BCUT2D eigenvalue weighted by molar-refractivity contribution is -0.126. The second-order valence-corrected chi connectivity index (χ2v) is 4.04. The first-order chi connectivity index (χ1) is 6.95. The molecule has 15 heavy (non-hydrogen) atoms. The third kappa shape index (κ3) is 3.06. The zero-order valence-electron chi connectivity index (χ0n) is 9.66. The SMILES string of the molecule is CNC(C)(C)C(=O)NCc1ccn(C)n1. The highest BCUT2D eigenvalue weighted by Gasteiger charge is 2.24. The van der Waals surface area contributed by atoms with Gasteiger partial charge < -0.3 is 10.6 Å². The Morgan fingerprint density at radius 2 is 2.27 bits per heavy atom. The number of likely N-dealkylation sites (N-methyl/N-ethyl adjacent to an activating group) is 1. The number of amides is 1. The summed E-state index contributed by atoms with van der Waals surface area (Å²) in [5.41, 5.74) is 0.312. The number of rotatable bonds is 4. The Balaban J connectivity index is 2.47. The molecule has 1 aromatic rings. The van der Waals surface area contributed by atoms with E-state index in [2.05, 4.69) is 15.7 Å². The van der Waals surface area contributed by atoms with Crippen LogP contribution in [0, 0.1) is 0 Å². The van der Waals surface area contributed by atoms with Crippen molar-refractivity contribution in [2.45, 2.75) is 25.9 Å². The van der Waals surface area contributed by atoms with Crippen LogP contribution in [0.4, 0.5) is 0 Å². The zero-order valence-corrected chi connectivity index (χ0v) is 9.66. The summed E-state index contributed by atoms with van der Waals surface area (Å²) in [5, 5.41) is 9.94. The maximum atomic E-state index is 11.7. The van der Waals surface area contributed by atoms with Crippen molar-refractivity contribution >= 4 is 5.91 Å². The summed E-state index contributed by atoms with van der Waals surface area (Å²) < 4.78 is 1.71. The molecule has 0 bridgehead atoms. The van der Waals surface area contributed by atoms with Crippen LogP contribution < -0.4 is 10.6 Å². The predicted molar refractivity (Wildman–Crippen MR) is 58.2 cm³/mol. The zero-order chi connectivity index (χ0) is 11.5. The highest BCUT2D eigenvalue weighted by molar-refractivity contribution is 5.85. The molecule has 0 unspecified atom stereocenters. The summed E-state index contributed by atoms with van der Waals surface area (Å²) in [6, 6.07) is 1.88. The standard InChI is InChI=1S/C10H18N4O/c1-10(2,11-3)9(15)12-7-8-5-6-14(4)13-8/h5-6,11H,7H2,1-4H3,(H,12,15). The fourth-order valence-corrected chi connectivity index (χ4v) is 1.06. The lowest BCUT2D eigenvalue weighted by Crippen LogP contribution is -2.50. The van der Waals surface area contributed by atoms with E-state index in [9.17, 15) is 4.79 Å². The van der Waals surface area contributed by atoms with Crippen LogP contribution in [0.1, 0.15) is 19.5 Å². The van der Waals surface area contributed by atoms with Crippen molar-refractivity contribution in [3.63, 3.8) is 0 Å². The lowest BCUT2D eigenvalue weighted by Gasteiger charge is -2.22. The van der Waals surface area contributed by atoms with Crippen molar-refractivity contribution in [3.8, 4) is 0 Å². The van der Waals surface area contributed by atoms with Crippen molar-refractivity contribution in [2.75, 3.05) is 7.05 Å². The van der Waals surface area contributed by atoms with Gasteiger partial charge in [0.15, 0.2) is 0 Å². The number of carbonyl (C=O) groups is 1. The van der Waals surface area contributed by atoms with Crippen LogP contribution in [0.15, 0.2) is 12.3 Å². The first kappa shape index (κ1) is 11.7. The Hall–Kier alpha value is -1.36. The molecule has 0 aliphatic heterocycles. The Morgan fingerprint density at radius 3 is 2.73 bits per heavy atom. The topological polar surface area (TPSA) is 59.0 Å². The smallest absolute Gasteiger partial charge is 0.240 e. The highest BCUT2D eigenvalue weighted by Crippen LogP contribution is 2.01. The van der Waals surface area contributed by atoms with Gasteiger partial charge in [-0.2, -0.15) is 5.10 Å². The van der Waals surface area contributed by atoms with E-state index in [1.54, 1.807) is 11.7 Å². The molecular weight excluding hydrogens is 192 g/mol. The van der Waals surface area contributed by atoms with Crippen molar-refractivity contribution in [2.24, 2.45) is 7.05 Å². The van der Waals surface area contributed by atoms with Gasteiger partial charge in [-0.1, -0.05) is 0 Å². The second-order valence-electron chi connectivity index (χ2n) is 4.04. The van der Waals surface area contributed by atoms with Gasteiger partial charge in [-0.25, -0.2) is 0 Å². The van der Waals surface area contributed by atoms with E-state index in [-0.39, 0.29) is 5.91 Å². The summed E-state index contributed by atoms with van der Waals surface area (Å²) in [6.45, 7) is 4.13. The maximum Gasteiger partial charge on any atom is 0.240 e. The molecule has 0 radical (unpaired) electrons. The lowest BCUT2D eigenvalue weighted by atomic mass is 10.1. The van der Waals surface area contributed by atoms with Crippen molar-refractivity contribution in [1.29, 1.82) is 0 Å². The average Bonchev–Trinajstić information content (AvgIpc) is 2.60. The number of nitrogens with one attached hydrogen (secondary N) is 2. The molecule has 2 N–H and O–H groups in total. The largest absolute Gasteiger partial charge is 0.349 e. The molecule has 0 spiro atoms. The third-order valence-electron chi connectivity index (χ3n) is 2.39. The number of carbonyl (C=O) groups excluding carboxylic acids is 1. The van der Waals surface area contributed by atoms with Crippen molar-refractivity contribution in [1.82, 2.24) is 20.4 Å². The minimum atomic E-state index is -0.547. The van der Waals surface area contributed by atoms with Gasteiger partial charge in [0.05, 0.1) is 17.8 Å². The number of nitrogens with zero attached hydrogens (tertiary/aromatic N) is 2. The second kappa shape index (κ2) is 4.44. The number of hydrogen-bond donors (Lipinski definition) is 2.